The van der Waals surface area contributed by atoms with Crippen molar-refractivity contribution in [1.82, 2.24) is 0 Å². The summed E-state index contributed by atoms with van der Waals surface area (Å²) in [6.07, 6.45) is 59.9. The van der Waals surface area contributed by atoms with Crippen LogP contribution in [0.2, 0.25) is 0 Å². The Morgan fingerprint density at radius 2 is 0.864 bits per heavy atom. The van der Waals surface area contributed by atoms with Crippen LogP contribution in [0, 0.1) is 0 Å². The average Bonchev–Trinajstić information content (AvgIpc) is 3.27. The fourth-order valence-corrected chi connectivity index (χ4v) is 8.10. The fraction of sp³-hybridized carbons (Fsp3) is 0.786. The molecular formula is C56H103NO8P+. The zero-order chi connectivity index (χ0) is 48.5. The van der Waals surface area contributed by atoms with Crippen molar-refractivity contribution in [1.29, 1.82) is 0 Å². The molecule has 0 heterocycles. The number of ether oxygens (including phenoxy) is 2. The van der Waals surface area contributed by atoms with Crippen molar-refractivity contribution in [2.45, 2.75) is 238 Å². The van der Waals surface area contributed by atoms with Crippen molar-refractivity contribution in [3.05, 3.63) is 60.8 Å². The number of esters is 2. The molecule has 0 saturated carbocycles. The van der Waals surface area contributed by atoms with E-state index in [4.69, 9.17) is 18.5 Å². The molecule has 0 aliphatic carbocycles. The van der Waals surface area contributed by atoms with Crippen LogP contribution in [0.3, 0.4) is 0 Å². The van der Waals surface area contributed by atoms with Gasteiger partial charge in [0.2, 0.25) is 0 Å². The standard InChI is InChI=1S/C56H102NO8P/c1-6-8-10-12-14-16-18-20-22-24-26-27-28-29-31-32-34-36-38-40-42-44-46-48-55(58)62-52-54(53-64-66(60,61)63-51-50-57(3,4)5)65-56(59)49-47-45-43-41-39-37-35-33-30-25-23-21-19-17-15-13-11-9-7-2/h9,11,15,17,21,23-24,26,30,33,54H,6-8,10,12-14,16,18-20,22,25,27-29,31-32,34-53H2,1-5H3/p+1/b11-9-,17-15-,23-21-,26-24-,33-30-. The Morgan fingerprint density at radius 1 is 0.485 bits per heavy atom. The lowest BCUT2D eigenvalue weighted by Gasteiger charge is -2.24. The van der Waals surface area contributed by atoms with Gasteiger partial charge < -0.3 is 18.9 Å². The van der Waals surface area contributed by atoms with Gasteiger partial charge in [0.15, 0.2) is 6.10 Å². The molecule has 0 spiro atoms. The average molecular weight is 949 g/mol. The highest BCUT2D eigenvalue weighted by atomic mass is 31.2. The fourth-order valence-electron chi connectivity index (χ4n) is 7.35. The molecule has 0 radical (unpaired) electrons. The number of hydrogen-bond acceptors (Lipinski definition) is 7. The van der Waals surface area contributed by atoms with Gasteiger partial charge >= 0.3 is 19.8 Å². The summed E-state index contributed by atoms with van der Waals surface area (Å²) in [6.45, 7) is 4.31. The molecule has 0 aliphatic heterocycles. The van der Waals surface area contributed by atoms with Gasteiger partial charge in [0.05, 0.1) is 27.7 Å². The van der Waals surface area contributed by atoms with Gasteiger partial charge in [-0.3, -0.25) is 18.6 Å². The largest absolute Gasteiger partial charge is 0.472 e. The number of carbonyl (C=O) groups is 2. The van der Waals surface area contributed by atoms with Crippen LogP contribution in [0.1, 0.15) is 232 Å². The molecule has 0 fully saturated rings. The predicted molar refractivity (Wildman–Crippen MR) is 279 cm³/mol. The van der Waals surface area contributed by atoms with Crippen LogP contribution in [0.5, 0.6) is 0 Å². The van der Waals surface area contributed by atoms with Crippen LogP contribution in [-0.2, 0) is 32.7 Å². The maximum atomic E-state index is 12.8. The third-order valence-corrected chi connectivity index (χ3v) is 12.5. The lowest BCUT2D eigenvalue weighted by Crippen LogP contribution is -2.37. The van der Waals surface area contributed by atoms with E-state index in [2.05, 4.69) is 74.6 Å². The van der Waals surface area contributed by atoms with Crippen LogP contribution in [0.4, 0.5) is 0 Å². The molecule has 0 bridgehead atoms. The Morgan fingerprint density at radius 3 is 1.30 bits per heavy atom. The second-order valence-corrected chi connectivity index (χ2v) is 20.7. The second-order valence-electron chi connectivity index (χ2n) is 19.2. The number of carbonyl (C=O) groups excluding carboxylic acids is 2. The van der Waals surface area contributed by atoms with Crippen molar-refractivity contribution in [3.8, 4) is 0 Å². The number of quaternary nitrogens is 1. The number of allylic oxidation sites excluding steroid dienone is 10. The van der Waals surface area contributed by atoms with Crippen molar-refractivity contribution >= 4 is 19.8 Å². The summed E-state index contributed by atoms with van der Waals surface area (Å²) in [6, 6.07) is 0. The Kier molecular flexibility index (Phi) is 46.1. The maximum Gasteiger partial charge on any atom is 0.472 e. The van der Waals surface area contributed by atoms with Crippen molar-refractivity contribution in [2.24, 2.45) is 0 Å². The van der Waals surface area contributed by atoms with E-state index < -0.39 is 26.5 Å². The number of unbranched alkanes of at least 4 members (excludes halogenated alkanes) is 25. The Balaban J connectivity index is 4.22. The molecular weight excluding hydrogens is 846 g/mol. The molecule has 0 saturated heterocycles. The van der Waals surface area contributed by atoms with Crippen LogP contribution in [-0.4, -0.2) is 74.9 Å². The van der Waals surface area contributed by atoms with Gasteiger partial charge in [-0.15, -0.1) is 0 Å². The number of likely N-dealkylation sites (N-methyl/N-ethyl adjacent to an activating group) is 1. The third kappa shape index (κ3) is 51.1. The van der Waals surface area contributed by atoms with Crippen molar-refractivity contribution in [3.63, 3.8) is 0 Å². The Labute approximate surface area is 406 Å². The Hall–Kier alpha value is -2.29. The van der Waals surface area contributed by atoms with E-state index in [1.807, 2.05) is 21.1 Å². The minimum absolute atomic E-state index is 0.0267. The van der Waals surface area contributed by atoms with E-state index in [9.17, 15) is 19.0 Å². The summed E-state index contributed by atoms with van der Waals surface area (Å²) in [5.41, 5.74) is 0. The second kappa shape index (κ2) is 47.8. The summed E-state index contributed by atoms with van der Waals surface area (Å²) >= 11 is 0. The van der Waals surface area contributed by atoms with Crippen molar-refractivity contribution < 1.29 is 42.1 Å². The first kappa shape index (κ1) is 63.7. The monoisotopic (exact) mass is 949 g/mol. The highest BCUT2D eigenvalue weighted by molar-refractivity contribution is 7.47. The van der Waals surface area contributed by atoms with Crippen LogP contribution in [0.25, 0.3) is 0 Å². The SMILES string of the molecule is CC/C=C\C/C=C\C/C=C\C/C=C\CCCCCCCCC(=O)OC(COC(=O)CCCCCCCCCCCCC/C=C\CCCCCCCCCC)COP(=O)(O)OCC[N+](C)(C)C. The molecule has 0 aliphatic rings. The summed E-state index contributed by atoms with van der Waals surface area (Å²) in [4.78, 5) is 35.6. The lowest BCUT2D eigenvalue weighted by atomic mass is 10.0. The summed E-state index contributed by atoms with van der Waals surface area (Å²) < 4.78 is 34.5. The third-order valence-electron chi connectivity index (χ3n) is 11.5. The number of nitrogens with zero attached hydrogens (tertiary/aromatic N) is 1. The topological polar surface area (TPSA) is 108 Å². The molecule has 0 aromatic heterocycles. The van der Waals surface area contributed by atoms with E-state index in [1.54, 1.807) is 0 Å². The van der Waals surface area contributed by atoms with Gasteiger partial charge in [-0.2, -0.15) is 0 Å². The summed E-state index contributed by atoms with van der Waals surface area (Å²) in [5, 5.41) is 0. The van der Waals surface area contributed by atoms with Gasteiger partial charge in [-0.25, -0.2) is 4.57 Å². The van der Waals surface area contributed by atoms with E-state index in [1.165, 1.54) is 116 Å². The minimum Gasteiger partial charge on any atom is -0.462 e. The van der Waals surface area contributed by atoms with E-state index >= 15 is 0 Å². The van der Waals surface area contributed by atoms with Crippen LogP contribution < -0.4 is 0 Å². The molecule has 9 nitrogen and oxygen atoms in total. The van der Waals surface area contributed by atoms with Crippen LogP contribution in [0.15, 0.2) is 60.8 Å². The number of phosphoric acid groups is 1. The first-order valence-electron chi connectivity index (χ1n) is 27.0. The molecule has 2 unspecified atom stereocenters. The van der Waals surface area contributed by atoms with Gasteiger partial charge in [0.25, 0.3) is 0 Å². The zero-order valence-corrected chi connectivity index (χ0v) is 44.3. The minimum atomic E-state index is -4.39. The molecule has 1 N–H and O–H groups in total. The summed E-state index contributed by atoms with van der Waals surface area (Å²) in [5.74, 6) is -0.812. The van der Waals surface area contributed by atoms with E-state index in [0.29, 0.717) is 17.4 Å². The normalized spacial score (nSPS) is 13.8. The van der Waals surface area contributed by atoms with Gasteiger partial charge in [0, 0.05) is 12.8 Å². The lowest BCUT2D eigenvalue weighted by molar-refractivity contribution is -0.870. The van der Waals surface area contributed by atoms with Crippen molar-refractivity contribution in [2.75, 3.05) is 47.5 Å². The molecule has 66 heavy (non-hydrogen) atoms. The molecule has 0 rings (SSSR count). The zero-order valence-electron chi connectivity index (χ0n) is 43.4. The van der Waals surface area contributed by atoms with Gasteiger partial charge in [0.1, 0.15) is 19.8 Å². The maximum absolute atomic E-state index is 12.8. The van der Waals surface area contributed by atoms with Gasteiger partial charge in [-0.1, -0.05) is 203 Å². The highest BCUT2D eigenvalue weighted by Gasteiger charge is 2.27. The quantitative estimate of drug-likeness (QED) is 0.0211. The number of phosphoric ester groups is 1. The van der Waals surface area contributed by atoms with Gasteiger partial charge in [-0.05, 0) is 77.0 Å². The van der Waals surface area contributed by atoms with E-state index in [-0.39, 0.29) is 32.0 Å². The molecule has 0 aromatic carbocycles. The predicted octanol–water partition coefficient (Wildman–Crippen LogP) is 16.4. The molecule has 384 valence electrons. The molecule has 0 aromatic rings. The van der Waals surface area contributed by atoms with Crippen LogP contribution >= 0.6 is 7.82 Å². The first-order chi connectivity index (χ1) is 32.0. The number of rotatable bonds is 49. The van der Waals surface area contributed by atoms with E-state index in [0.717, 1.165) is 83.5 Å². The molecule has 10 heteroatoms. The molecule has 2 atom stereocenters. The molecule has 0 amide bonds. The summed E-state index contributed by atoms with van der Waals surface area (Å²) in [7, 11) is 1.46. The highest BCUT2D eigenvalue weighted by Crippen LogP contribution is 2.43. The number of hydrogen-bond donors (Lipinski definition) is 1. The smallest absolute Gasteiger partial charge is 0.462 e. The first-order valence-corrected chi connectivity index (χ1v) is 28.5. The Bertz CT molecular complexity index is 1300.